The third kappa shape index (κ3) is 3.12. The smallest absolute Gasteiger partial charge is 0.232 e. The first kappa shape index (κ1) is 17.7. The number of fused-ring (bicyclic) bond motifs is 6. The summed E-state index contributed by atoms with van der Waals surface area (Å²) in [5, 5.41) is 1.18. The number of hydrogen-bond donors (Lipinski definition) is 2. The number of carbonyl (C=O) groups excluding carboxylic acids is 2. The second-order valence-corrected chi connectivity index (χ2v) is 7.78. The first-order valence-electron chi connectivity index (χ1n) is 9.85. The van der Waals surface area contributed by atoms with E-state index in [1.807, 2.05) is 30.3 Å². The molecule has 3 aromatic rings. The highest BCUT2D eigenvalue weighted by molar-refractivity contribution is 5.96. The zero-order chi connectivity index (χ0) is 20.0. The zero-order valence-corrected chi connectivity index (χ0v) is 15.9. The van der Waals surface area contributed by atoms with Gasteiger partial charge in [0.25, 0.3) is 0 Å². The van der Waals surface area contributed by atoms with E-state index < -0.39 is 5.91 Å². The number of ether oxygens (including phenoxy) is 1. The number of carbonyl (C=O) groups is 2. The molecule has 5 rings (SSSR count). The van der Waals surface area contributed by atoms with Crippen molar-refractivity contribution in [2.75, 3.05) is 6.54 Å². The first-order valence-corrected chi connectivity index (χ1v) is 9.85. The van der Waals surface area contributed by atoms with Crippen LogP contribution >= 0.6 is 0 Å². The van der Waals surface area contributed by atoms with Crippen LogP contribution in [0.3, 0.4) is 0 Å². The second kappa shape index (κ2) is 6.92. The van der Waals surface area contributed by atoms with Crippen molar-refractivity contribution in [3.63, 3.8) is 0 Å². The number of piperidine rings is 1. The zero-order valence-electron chi connectivity index (χ0n) is 15.9. The Kier molecular flexibility index (Phi) is 4.23. The fourth-order valence-electron chi connectivity index (χ4n) is 4.78. The van der Waals surface area contributed by atoms with Gasteiger partial charge in [-0.05, 0) is 30.5 Å². The molecule has 1 saturated heterocycles. The maximum absolute atomic E-state index is 12.8. The van der Waals surface area contributed by atoms with Crippen LogP contribution in [0.2, 0.25) is 0 Å². The Morgan fingerprint density at radius 3 is 2.83 bits per heavy atom. The van der Waals surface area contributed by atoms with Crippen LogP contribution in [0.15, 0.2) is 48.7 Å². The molecule has 0 saturated carbocycles. The summed E-state index contributed by atoms with van der Waals surface area (Å²) in [6.45, 7) is 0.410. The van der Waals surface area contributed by atoms with Gasteiger partial charge >= 0.3 is 0 Å². The minimum atomic E-state index is -0.608. The monoisotopic (exact) mass is 390 g/mol. The van der Waals surface area contributed by atoms with Crippen LogP contribution in [0.4, 0.5) is 0 Å². The molecule has 1 fully saturated rings. The first-order chi connectivity index (χ1) is 14.1. The summed E-state index contributed by atoms with van der Waals surface area (Å²) in [5.74, 6) is -0.195. The number of nitrogens with zero attached hydrogens (tertiary/aromatic N) is 2. The molecule has 148 valence electrons. The topological polar surface area (TPSA) is 101 Å². The quantitative estimate of drug-likeness (QED) is 0.666. The lowest BCUT2D eigenvalue weighted by Crippen LogP contribution is -2.56. The maximum atomic E-state index is 12.8. The highest BCUT2D eigenvalue weighted by Crippen LogP contribution is 2.43. The third-order valence-corrected chi connectivity index (χ3v) is 6.01. The van der Waals surface area contributed by atoms with Crippen molar-refractivity contribution in [2.45, 2.75) is 37.3 Å². The van der Waals surface area contributed by atoms with Gasteiger partial charge in [-0.3, -0.25) is 9.59 Å². The van der Waals surface area contributed by atoms with Crippen molar-refractivity contribution in [3.8, 4) is 5.88 Å². The molecule has 2 bridgehead atoms. The Morgan fingerprint density at radius 2 is 2.03 bits per heavy atom. The summed E-state index contributed by atoms with van der Waals surface area (Å²) in [4.78, 5) is 33.8. The lowest BCUT2D eigenvalue weighted by molar-refractivity contribution is -0.141. The molecule has 0 spiro atoms. The summed E-state index contributed by atoms with van der Waals surface area (Å²) in [6, 6.07) is 13.8. The molecule has 2 aliphatic rings. The van der Waals surface area contributed by atoms with Gasteiger partial charge < -0.3 is 20.4 Å². The molecule has 29 heavy (non-hydrogen) atoms. The van der Waals surface area contributed by atoms with E-state index in [2.05, 4.69) is 22.1 Å². The van der Waals surface area contributed by atoms with Crippen LogP contribution in [0.25, 0.3) is 10.9 Å². The molecule has 7 nitrogen and oxygen atoms in total. The SMILES string of the molecule is NC(=O)CC(=O)N1C[C@H](Oc2ccccn2)[C@H]2C[C@@H]1Cc1c2[nH]c2ccccc12. The summed E-state index contributed by atoms with van der Waals surface area (Å²) in [6.07, 6.45) is 2.69. The molecule has 7 heteroatoms. The summed E-state index contributed by atoms with van der Waals surface area (Å²) >= 11 is 0. The van der Waals surface area contributed by atoms with E-state index in [9.17, 15) is 9.59 Å². The molecule has 2 amide bonds. The van der Waals surface area contributed by atoms with Crippen LogP contribution in [0.1, 0.15) is 30.0 Å². The number of pyridine rings is 1. The number of benzene rings is 1. The number of nitrogens with one attached hydrogen (secondary N) is 1. The molecule has 2 aromatic heterocycles. The van der Waals surface area contributed by atoms with E-state index >= 15 is 0 Å². The minimum Gasteiger partial charge on any atom is -0.472 e. The van der Waals surface area contributed by atoms with Gasteiger partial charge in [-0.2, -0.15) is 0 Å². The van der Waals surface area contributed by atoms with Crippen molar-refractivity contribution in [3.05, 3.63) is 59.9 Å². The Labute approximate surface area is 167 Å². The summed E-state index contributed by atoms with van der Waals surface area (Å²) in [5.41, 5.74) is 8.80. The molecule has 3 atom stereocenters. The summed E-state index contributed by atoms with van der Waals surface area (Å²) < 4.78 is 6.24. The fourth-order valence-corrected chi connectivity index (χ4v) is 4.78. The van der Waals surface area contributed by atoms with Gasteiger partial charge in [0.1, 0.15) is 12.5 Å². The van der Waals surface area contributed by atoms with Gasteiger partial charge in [-0.15, -0.1) is 0 Å². The van der Waals surface area contributed by atoms with Crippen molar-refractivity contribution >= 4 is 22.7 Å². The maximum Gasteiger partial charge on any atom is 0.232 e. The summed E-state index contributed by atoms with van der Waals surface area (Å²) in [7, 11) is 0. The number of primary amides is 1. The molecule has 0 unspecified atom stereocenters. The van der Waals surface area contributed by atoms with Crippen LogP contribution in [-0.4, -0.2) is 45.4 Å². The van der Waals surface area contributed by atoms with E-state index in [0.29, 0.717) is 12.4 Å². The highest BCUT2D eigenvalue weighted by Gasteiger charge is 2.45. The number of aromatic nitrogens is 2. The van der Waals surface area contributed by atoms with Crippen molar-refractivity contribution in [2.24, 2.45) is 5.73 Å². The number of para-hydroxylation sites is 1. The Hall–Kier alpha value is -3.35. The Bertz CT molecular complexity index is 1080. The van der Waals surface area contributed by atoms with Crippen LogP contribution in [-0.2, 0) is 16.0 Å². The van der Waals surface area contributed by atoms with Gasteiger partial charge in [0.2, 0.25) is 17.7 Å². The Balaban J connectivity index is 1.55. The number of aromatic amines is 1. The van der Waals surface area contributed by atoms with Crippen molar-refractivity contribution in [1.29, 1.82) is 0 Å². The van der Waals surface area contributed by atoms with Crippen LogP contribution in [0, 0.1) is 0 Å². The predicted molar refractivity (Wildman–Crippen MR) is 107 cm³/mol. The van der Waals surface area contributed by atoms with Gasteiger partial charge in [-0.25, -0.2) is 4.98 Å². The van der Waals surface area contributed by atoms with Gasteiger partial charge in [0, 0.05) is 40.8 Å². The average Bonchev–Trinajstić information content (AvgIpc) is 3.09. The molecular formula is C22H22N4O3. The van der Waals surface area contributed by atoms with E-state index in [1.165, 1.54) is 16.6 Å². The second-order valence-electron chi connectivity index (χ2n) is 7.78. The van der Waals surface area contributed by atoms with Gasteiger partial charge in [0.15, 0.2) is 0 Å². The fraction of sp³-hybridized carbons (Fsp3) is 0.318. The number of rotatable bonds is 4. The molecule has 3 N–H and O–H groups in total. The minimum absolute atomic E-state index is 0.0298. The molecule has 1 aliphatic heterocycles. The number of likely N-dealkylation sites (tertiary alicyclic amines) is 1. The lowest BCUT2D eigenvalue weighted by Gasteiger charge is -2.46. The predicted octanol–water partition coefficient (Wildman–Crippen LogP) is 2.13. The molecule has 1 aliphatic carbocycles. The van der Waals surface area contributed by atoms with Crippen molar-refractivity contribution < 1.29 is 14.3 Å². The lowest BCUT2D eigenvalue weighted by atomic mass is 9.76. The number of hydrogen-bond acceptors (Lipinski definition) is 4. The molecular weight excluding hydrogens is 368 g/mol. The van der Waals surface area contributed by atoms with E-state index in [4.69, 9.17) is 10.5 Å². The van der Waals surface area contributed by atoms with Crippen LogP contribution in [0.5, 0.6) is 5.88 Å². The largest absolute Gasteiger partial charge is 0.472 e. The molecule has 1 aromatic carbocycles. The average molecular weight is 390 g/mol. The van der Waals surface area contributed by atoms with E-state index in [0.717, 1.165) is 18.4 Å². The van der Waals surface area contributed by atoms with Gasteiger partial charge in [-0.1, -0.05) is 24.3 Å². The van der Waals surface area contributed by atoms with E-state index in [-0.39, 0.29) is 30.4 Å². The number of nitrogens with two attached hydrogens (primary N) is 1. The van der Waals surface area contributed by atoms with Crippen LogP contribution < -0.4 is 10.5 Å². The normalized spacial score (nSPS) is 22.9. The third-order valence-electron chi connectivity index (χ3n) is 6.01. The number of H-pyrrole nitrogens is 1. The standard InChI is InChI=1S/C22H22N4O3/c23-19(27)11-21(28)26-12-18(29-20-7-3-4-8-24-20)16-10-13(26)9-15-14-5-1-2-6-17(14)25-22(15)16/h1-8,13,16,18,25H,9-12H2,(H2,23,27)/t13-,16+,18-/m0/s1. The van der Waals surface area contributed by atoms with E-state index in [1.54, 1.807) is 11.1 Å². The molecule has 0 radical (unpaired) electrons. The van der Waals surface area contributed by atoms with Gasteiger partial charge in [0.05, 0.1) is 6.54 Å². The molecule has 3 heterocycles. The Morgan fingerprint density at radius 1 is 1.21 bits per heavy atom. The van der Waals surface area contributed by atoms with Crippen molar-refractivity contribution in [1.82, 2.24) is 14.9 Å². The number of amides is 2. The highest BCUT2D eigenvalue weighted by atomic mass is 16.5.